The lowest BCUT2D eigenvalue weighted by molar-refractivity contribution is -0.0386. The molecule has 1 atom stereocenters. The molecule has 1 rings (SSSR count). The predicted molar refractivity (Wildman–Crippen MR) is 34.2 cm³/mol. The molecule has 0 spiro atoms. The van der Waals surface area contributed by atoms with Gasteiger partial charge in [-0.15, -0.1) is 0 Å². The Balaban J connectivity index is 2.43. The van der Waals surface area contributed by atoms with Gasteiger partial charge in [0, 0.05) is 5.92 Å². The van der Waals surface area contributed by atoms with E-state index in [4.69, 9.17) is 0 Å². The second-order valence-electron chi connectivity index (χ2n) is 2.76. The summed E-state index contributed by atoms with van der Waals surface area (Å²) in [7, 11) is 0. The van der Waals surface area contributed by atoms with Crippen LogP contribution >= 0.6 is 0 Å². The smallest absolute Gasteiger partial charge is 0.275 e. The monoisotopic (exact) mass is 150 g/mol. The highest BCUT2D eigenvalue weighted by Crippen LogP contribution is 2.33. The van der Waals surface area contributed by atoms with Crippen molar-refractivity contribution in [3.63, 3.8) is 0 Å². The molecule has 1 heterocycles. The standard InChI is InChI=1S/C7H12F2O/c1-2-3-6-4-10-5-7(6,8)9/h6H,2-5H2,1H3. The molecule has 1 fully saturated rings. The van der Waals surface area contributed by atoms with Crippen molar-refractivity contribution in [3.05, 3.63) is 0 Å². The predicted octanol–water partition coefficient (Wildman–Crippen LogP) is 2.07. The largest absolute Gasteiger partial charge is 0.375 e. The van der Waals surface area contributed by atoms with E-state index in [0.29, 0.717) is 6.42 Å². The molecule has 0 bridgehead atoms. The van der Waals surface area contributed by atoms with Crippen LogP contribution in [0.1, 0.15) is 19.8 Å². The molecule has 0 aromatic heterocycles. The molecular formula is C7H12F2O. The van der Waals surface area contributed by atoms with Gasteiger partial charge in [-0.2, -0.15) is 0 Å². The van der Waals surface area contributed by atoms with E-state index in [9.17, 15) is 8.78 Å². The van der Waals surface area contributed by atoms with E-state index >= 15 is 0 Å². The van der Waals surface area contributed by atoms with Crippen LogP contribution < -0.4 is 0 Å². The third kappa shape index (κ3) is 1.45. The molecule has 0 aliphatic carbocycles. The third-order valence-electron chi connectivity index (χ3n) is 1.85. The molecule has 1 aliphatic heterocycles. The Morgan fingerprint density at radius 2 is 2.30 bits per heavy atom. The minimum atomic E-state index is -2.56. The van der Waals surface area contributed by atoms with Crippen molar-refractivity contribution >= 4 is 0 Å². The molecule has 0 aromatic rings. The summed E-state index contributed by atoms with van der Waals surface area (Å²) >= 11 is 0. The van der Waals surface area contributed by atoms with Crippen molar-refractivity contribution in [2.75, 3.05) is 13.2 Å². The fourth-order valence-corrected chi connectivity index (χ4v) is 1.22. The third-order valence-corrected chi connectivity index (χ3v) is 1.85. The highest BCUT2D eigenvalue weighted by molar-refractivity contribution is 4.81. The second kappa shape index (κ2) is 2.82. The van der Waals surface area contributed by atoms with E-state index in [-0.39, 0.29) is 13.2 Å². The molecule has 1 unspecified atom stereocenters. The Hall–Kier alpha value is -0.180. The van der Waals surface area contributed by atoms with Crippen LogP contribution in [-0.2, 0) is 4.74 Å². The molecule has 1 nitrogen and oxygen atoms in total. The summed E-state index contributed by atoms with van der Waals surface area (Å²) in [6.45, 7) is 1.77. The summed E-state index contributed by atoms with van der Waals surface area (Å²) in [6, 6.07) is 0. The van der Waals surface area contributed by atoms with Gasteiger partial charge in [-0.3, -0.25) is 0 Å². The van der Waals surface area contributed by atoms with Crippen LogP contribution in [0.5, 0.6) is 0 Å². The molecule has 1 saturated heterocycles. The van der Waals surface area contributed by atoms with Crippen LogP contribution in [0.4, 0.5) is 8.78 Å². The number of ether oxygens (including phenoxy) is 1. The van der Waals surface area contributed by atoms with Gasteiger partial charge < -0.3 is 4.74 Å². The number of halogens is 2. The van der Waals surface area contributed by atoms with Crippen LogP contribution in [0.25, 0.3) is 0 Å². The quantitative estimate of drug-likeness (QED) is 0.585. The molecule has 0 saturated carbocycles. The zero-order chi connectivity index (χ0) is 7.61. The van der Waals surface area contributed by atoms with E-state index in [1.54, 1.807) is 0 Å². The van der Waals surface area contributed by atoms with Crippen molar-refractivity contribution in [1.82, 2.24) is 0 Å². The van der Waals surface area contributed by atoms with Crippen LogP contribution in [0, 0.1) is 5.92 Å². The zero-order valence-corrected chi connectivity index (χ0v) is 6.07. The van der Waals surface area contributed by atoms with E-state index in [1.165, 1.54) is 0 Å². The Bertz CT molecular complexity index is 114. The average molecular weight is 150 g/mol. The molecule has 0 aromatic carbocycles. The second-order valence-corrected chi connectivity index (χ2v) is 2.76. The first kappa shape index (κ1) is 7.92. The van der Waals surface area contributed by atoms with Gasteiger partial charge in [0.25, 0.3) is 5.92 Å². The van der Waals surface area contributed by atoms with Gasteiger partial charge in [0.15, 0.2) is 0 Å². The maximum absolute atomic E-state index is 12.7. The van der Waals surface area contributed by atoms with Crippen molar-refractivity contribution in [2.45, 2.75) is 25.7 Å². The fraction of sp³-hybridized carbons (Fsp3) is 1.00. The Labute approximate surface area is 59.4 Å². The van der Waals surface area contributed by atoms with E-state index in [0.717, 1.165) is 6.42 Å². The van der Waals surface area contributed by atoms with Crippen LogP contribution in [0.15, 0.2) is 0 Å². The lowest BCUT2D eigenvalue weighted by Crippen LogP contribution is -2.25. The molecular weight excluding hydrogens is 138 g/mol. The molecule has 0 radical (unpaired) electrons. The Morgan fingerprint density at radius 3 is 2.70 bits per heavy atom. The minimum Gasteiger partial charge on any atom is -0.375 e. The first-order chi connectivity index (χ1) is 4.67. The van der Waals surface area contributed by atoms with Crippen LogP contribution in [-0.4, -0.2) is 19.1 Å². The summed E-state index contributed by atoms with van der Waals surface area (Å²) < 4.78 is 30.0. The Kier molecular flexibility index (Phi) is 2.24. The normalized spacial score (nSPS) is 30.9. The summed E-state index contributed by atoms with van der Waals surface area (Å²) in [5.74, 6) is -3.09. The number of hydrogen-bond acceptors (Lipinski definition) is 1. The fourth-order valence-electron chi connectivity index (χ4n) is 1.22. The highest BCUT2D eigenvalue weighted by Gasteiger charge is 2.44. The Morgan fingerprint density at radius 1 is 1.60 bits per heavy atom. The topological polar surface area (TPSA) is 9.23 Å². The first-order valence-electron chi connectivity index (χ1n) is 3.62. The molecule has 1 aliphatic rings. The summed E-state index contributed by atoms with van der Waals surface area (Å²) in [5.41, 5.74) is 0. The maximum atomic E-state index is 12.7. The molecule has 0 N–H and O–H groups in total. The highest BCUT2D eigenvalue weighted by atomic mass is 19.3. The summed E-state index contributed by atoms with van der Waals surface area (Å²) in [6.07, 6.45) is 1.39. The SMILES string of the molecule is CCCC1COCC1(F)F. The van der Waals surface area contributed by atoms with Crippen molar-refractivity contribution in [3.8, 4) is 0 Å². The van der Waals surface area contributed by atoms with Gasteiger partial charge in [0.2, 0.25) is 0 Å². The molecule has 0 amide bonds. The van der Waals surface area contributed by atoms with Gasteiger partial charge in [-0.1, -0.05) is 13.3 Å². The molecule has 60 valence electrons. The van der Waals surface area contributed by atoms with Crippen molar-refractivity contribution in [2.24, 2.45) is 5.92 Å². The molecule has 3 heteroatoms. The summed E-state index contributed by atoms with van der Waals surface area (Å²) in [4.78, 5) is 0. The van der Waals surface area contributed by atoms with Crippen molar-refractivity contribution < 1.29 is 13.5 Å². The minimum absolute atomic E-state index is 0.237. The lowest BCUT2D eigenvalue weighted by atomic mass is 10.00. The first-order valence-corrected chi connectivity index (χ1v) is 3.62. The van der Waals surface area contributed by atoms with Crippen molar-refractivity contribution in [1.29, 1.82) is 0 Å². The number of hydrogen-bond donors (Lipinski definition) is 0. The maximum Gasteiger partial charge on any atom is 0.275 e. The lowest BCUT2D eigenvalue weighted by Gasteiger charge is -2.14. The van der Waals surface area contributed by atoms with Crippen LogP contribution in [0.3, 0.4) is 0 Å². The number of alkyl halides is 2. The summed E-state index contributed by atoms with van der Waals surface area (Å²) in [5, 5.41) is 0. The van der Waals surface area contributed by atoms with E-state index in [1.807, 2.05) is 6.92 Å². The molecule has 10 heavy (non-hydrogen) atoms. The van der Waals surface area contributed by atoms with E-state index in [2.05, 4.69) is 4.74 Å². The van der Waals surface area contributed by atoms with Gasteiger partial charge in [-0.25, -0.2) is 8.78 Å². The van der Waals surface area contributed by atoms with E-state index < -0.39 is 11.8 Å². The van der Waals surface area contributed by atoms with Gasteiger partial charge in [0.05, 0.1) is 6.61 Å². The van der Waals surface area contributed by atoms with Crippen LogP contribution in [0.2, 0.25) is 0 Å². The van der Waals surface area contributed by atoms with Gasteiger partial charge in [-0.05, 0) is 6.42 Å². The number of rotatable bonds is 2. The average Bonchev–Trinajstić information content (AvgIpc) is 2.13. The van der Waals surface area contributed by atoms with Gasteiger partial charge >= 0.3 is 0 Å². The van der Waals surface area contributed by atoms with Gasteiger partial charge in [0.1, 0.15) is 6.61 Å². The zero-order valence-electron chi connectivity index (χ0n) is 6.07.